The fraction of sp³-hybridized carbons (Fsp3) is 0.190. The van der Waals surface area contributed by atoms with E-state index in [4.69, 9.17) is 0 Å². The van der Waals surface area contributed by atoms with E-state index in [1.54, 1.807) is 30.3 Å². The van der Waals surface area contributed by atoms with E-state index >= 15 is 0 Å². The zero-order valence-electron chi connectivity index (χ0n) is 15.4. The molecule has 2 aromatic carbocycles. The molecular weight excluding hydrogens is 342 g/mol. The van der Waals surface area contributed by atoms with Gasteiger partial charge < -0.3 is 5.32 Å². The van der Waals surface area contributed by atoms with Crippen molar-refractivity contribution in [1.82, 2.24) is 10.1 Å². The first kappa shape index (κ1) is 18.4. The lowest BCUT2D eigenvalue weighted by molar-refractivity contribution is -0.111. The van der Waals surface area contributed by atoms with Gasteiger partial charge in [-0.05, 0) is 34.8 Å². The molecule has 0 saturated heterocycles. The number of anilines is 1. The molecule has 1 amide bonds. The van der Waals surface area contributed by atoms with Crippen LogP contribution in [0.5, 0.6) is 0 Å². The van der Waals surface area contributed by atoms with Gasteiger partial charge in [0.2, 0.25) is 5.91 Å². The van der Waals surface area contributed by atoms with Crippen molar-refractivity contribution in [2.75, 3.05) is 5.32 Å². The summed E-state index contributed by atoms with van der Waals surface area (Å²) in [6, 6.07) is 15.1. The van der Waals surface area contributed by atoms with Crippen molar-refractivity contribution in [3.63, 3.8) is 0 Å². The number of aromatic amines is 1. The van der Waals surface area contributed by atoms with Gasteiger partial charge in [0.15, 0.2) is 5.82 Å². The van der Waals surface area contributed by atoms with Crippen LogP contribution in [0.2, 0.25) is 0 Å². The van der Waals surface area contributed by atoms with Crippen LogP contribution in [0.1, 0.15) is 31.9 Å². The highest BCUT2D eigenvalue weighted by Gasteiger charge is 2.12. The molecule has 6 heteroatoms. The molecule has 27 heavy (non-hydrogen) atoms. The van der Waals surface area contributed by atoms with Gasteiger partial charge in [0.25, 0.3) is 0 Å². The highest BCUT2D eigenvalue weighted by atomic mass is 16.5. The largest absolute Gasteiger partial charge is 0.439 e. The number of hydrogen-bond acceptors (Lipinski definition) is 4. The van der Waals surface area contributed by atoms with E-state index in [0.717, 1.165) is 5.56 Å². The van der Waals surface area contributed by atoms with Crippen LogP contribution in [-0.2, 0) is 10.2 Å². The standard InChI is InChI=1S/C21H21N3O3/c1-21(2,3)16-10-7-14(8-11-16)9-12-18(25)22-17-6-4-5-15(13-17)19-23-20(26)27-24-19/h4-13H,1-3H3,(H,22,25)(H,23,24,26)/b12-9+. The van der Waals surface area contributed by atoms with Gasteiger partial charge >= 0.3 is 5.76 Å². The lowest BCUT2D eigenvalue weighted by Crippen LogP contribution is -2.10. The maximum absolute atomic E-state index is 12.2. The number of amides is 1. The molecule has 3 rings (SSSR count). The second-order valence-corrected chi connectivity index (χ2v) is 7.22. The molecule has 0 saturated carbocycles. The molecule has 0 fully saturated rings. The summed E-state index contributed by atoms with van der Waals surface area (Å²) in [5, 5.41) is 6.43. The van der Waals surface area contributed by atoms with Gasteiger partial charge in [0.05, 0.1) is 0 Å². The number of rotatable bonds is 4. The normalized spacial score (nSPS) is 11.7. The van der Waals surface area contributed by atoms with E-state index in [1.807, 2.05) is 12.1 Å². The zero-order valence-corrected chi connectivity index (χ0v) is 15.4. The summed E-state index contributed by atoms with van der Waals surface area (Å²) in [7, 11) is 0. The number of aromatic nitrogens is 2. The van der Waals surface area contributed by atoms with Crippen molar-refractivity contribution in [1.29, 1.82) is 0 Å². The molecule has 0 atom stereocenters. The fourth-order valence-corrected chi connectivity index (χ4v) is 2.55. The number of carbonyl (C=O) groups excluding carboxylic acids is 1. The van der Waals surface area contributed by atoms with Crippen LogP contribution in [-0.4, -0.2) is 16.0 Å². The minimum atomic E-state index is -0.625. The average molecular weight is 363 g/mol. The summed E-state index contributed by atoms with van der Waals surface area (Å²) < 4.78 is 4.50. The van der Waals surface area contributed by atoms with Gasteiger partial charge in [-0.3, -0.25) is 14.3 Å². The van der Waals surface area contributed by atoms with Gasteiger partial charge in [0.1, 0.15) is 0 Å². The Hall–Kier alpha value is -3.41. The number of benzene rings is 2. The van der Waals surface area contributed by atoms with E-state index in [-0.39, 0.29) is 11.3 Å². The molecule has 0 spiro atoms. The Morgan fingerprint density at radius 3 is 2.52 bits per heavy atom. The van der Waals surface area contributed by atoms with Crippen molar-refractivity contribution in [3.05, 3.63) is 76.3 Å². The first-order chi connectivity index (χ1) is 12.8. The molecule has 0 aliphatic carbocycles. The Kier molecular flexibility index (Phi) is 5.07. The topological polar surface area (TPSA) is 88.0 Å². The average Bonchev–Trinajstić information content (AvgIpc) is 3.06. The van der Waals surface area contributed by atoms with E-state index in [9.17, 15) is 9.59 Å². The van der Waals surface area contributed by atoms with Crippen LogP contribution in [0.4, 0.5) is 5.69 Å². The van der Waals surface area contributed by atoms with Crippen molar-refractivity contribution in [2.45, 2.75) is 26.2 Å². The van der Waals surface area contributed by atoms with Crippen molar-refractivity contribution >= 4 is 17.7 Å². The lowest BCUT2D eigenvalue weighted by atomic mass is 9.87. The van der Waals surface area contributed by atoms with Crippen molar-refractivity contribution < 1.29 is 9.32 Å². The number of nitrogens with one attached hydrogen (secondary N) is 2. The first-order valence-electron chi connectivity index (χ1n) is 8.57. The first-order valence-corrected chi connectivity index (χ1v) is 8.57. The molecule has 0 aliphatic heterocycles. The second kappa shape index (κ2) is 7.45. The summed E-state index contributed by atoms with van der Waals surface area (Å²) in [6.45, 7) is 6.48. The van der Waals surface area contributed by atoms with E-state index in [0.29, 0.717) is 17.1 Å². The Morgan fingerprint density at radius 1 is 1.15 bits per heavy atom. The molecule has 1 heterocycles. The molecule has 0 radical (unpaired) electrons. The lowest BCUT2D eigenvalue weighted by Gasteiger charge is -2.18. The summed E-state index contributed by atoms with van der Waals surface area (Å²) >= 11 is 0. The van der Waals surface area contributed by atoms with Gasteiger partial charge in [-0.2, -0.15) is 0 Å². The Labute approximate surface area is 156 Å². The quantitative estimate of drug-likeness (QED) is 0.686. The highest BCUT2D eigenvalue weighted by molar-refractivity contribution is 6.02. The Morgan fingerprint density at radius 2 is 1.89 bits per heavy atom. The summed E-state index contributed by atoms with van der Waals surface area (Å²) in [5.41, 5.74) is 3.52. The van der Waals surface area contributed by atoms with Gasteiger partial charge in [0, 0.05) is 17.3 Å². The van der Waals surface area contributed by atoms with Crippen LogP contribution >= 0.6 is 0 Å². The predicted molar refractivity (Wildman–Crippen MR) is 105 cm³/mol. The number of H-pyrrole nitrogens is 1. The third-order valence-electron chi connectivity index (χ3n) is 4.05. The zero-order chi connectivity index (χ0) is 19.4. The minimum Gasteiger partial charge on any atom is -0.322 e. The summed E-state index contributed by atoms with van der Waals surface area (Å²) in [4.78, 5) is 25.7. The van der Waals surface area contributed by atoms with Crippen LogP contribution in [0.25, 0.3) is 17.5 Å². The summed E-state index contributed by atoms with van der Waals surface area (Å²) in [5.74, 6) is -0.564. The van der Waals surface area contributed by atoms with Gasteiger partial charge in [-0.25, -0.2) is 4.79 Å². The molecule has 0 bridgehead atoms. The Bertz CT molecular complexity index is 1020. The molecule has 3 aromatic rings. The van der Waals surface area contributed by atoms with Gasteiger partial charge in [-0.15, -0.1) is 0 Å². The van der Waals surface area contributed by atoms with Crippen LogP contribution in [0, 0.1) is 0 Å². The number of carbonyl (C=O) groups is 1. The predicted octanol–water partition coefficient (Wildman–Crippen LogP) is 3.98. The van der Waals surface area contributed by atoms with Crippen LogP contribution in [0.15, 0.2) is 63.9 Å². The van der Waals surface area contributed by atoms with Gasteiger partial charge in [-0.1, -0.05) is 62.3 Å². The monoisotopic (exact) mass is 363 g/mol. The van der Waals surface area contributed by atoms with Crippen LogP contribution in [0.3, 0.4) is 0 Å². The van der Waals surface area contributed by atoms with E-state index in [2.05, 4.69) is 52.9 Å². The van der Waals surface area contributed by atoms with Crippen LogP contribution < -0.4 is 11.1 Å². The van der Waals surface area contributed by atoms with E-state index < -0.39 is 5.76 Å². The smallest absolute Gasteiger partial charge is 0.322 e. The van der Waals surface area contributed by atoms with Crippen molar-refractivity contribution in [3.8, 4) is 11.4 Å². The van der Waals surface area contributed by atoms with E-state index in [1.165, 1.54) is 11.6 Å². The maximum atomic E-state index is 12.2. The molecule has 6 nitrogen and oxygen atoms in total. The fourth-order valence-electron chi connectivity index (χ4n) is 2.55. The molecule has 1 aromatic heterocycles. The summed E-state index contributed by atoms with van der Waals surface area (Å²) in [6.07, 6.45) is 3.25. The molecular formula is C21H21N3O3. The second-order valence-electron chi connectivity index (χ2n) is 7.22. The maximum Gasteiger partial charge on any atom is 0.439 e. The molecule has 0 unspecified atom stereocenters. The highest BCUT2D eigenvalue weighted by Crippen LogP contribution is 2.22. The molecule has 0 aliphatic rings. The number of nitrogens with zero attached hydrogens (tertiary/aromatic N) is 1. The molecule has 2 N–H and O–H groups in total. The van der Waals surface area contributed by atoms with Crippen molar-refractivity contribution in [2.24, 2.45) is 0 Å². The third kappa shape index (κ3) is 4.82. The third-order valence-corrected chi connectivity index (χ3v) is 4.05. The SMILES string of the molecule is CC(C)(C)c1ccc(/C=C/C(=O)Nc2cccc(-c3noc(=O)[nH]3)c2)cc1. The minimum absolute atomic E-state index is 0.0960. The molecule has 138 valence electrons. The Balaban J connectivity index is 1.67. The number of hydrogen-bond donors (Lipinski definition) is 2.